The minimum absolute atomic E-state index is 0. The topological polar surface area (TPSA) is 36.9 Å². The van der Waals surface area contributed by atoms with Gasteiger partial charge in [-0.1, -0.05) is 30.3 Å². The van der Waals surface area contributed by atoms with Crippen molar-refractivity contribution >= 4 is 29.9 Å². The first-order valence-corrected chi connectivity index (χ1v) is 7.78. The largest absolute Gasteiger partial charge is 0.379 e. The number of nitrogens with zero attached hydrogens (tertiary/aromatic N) is 2. The second-order valence-corrected chi connectivity index (χ2v) is 5.35. The Bertz CT molecular complexity index is 410. The van der Waals surface area contributed by atoms with E-state index < -0.39 is 0 Å². The van der Waals surface area contributed by atoms with Gasteiger partial charge in [0.1, 0.15) is 0 Å². The summed E-state index contributed by atoms with van der Waals surface area (Å²) in [5.41, 5.74) is 1.29. The number of aliphatic imine (C=N–C) groups is 1. The Morgan fingerprint density at radius 2 is 1.95 bits per heavy atom. The molecule has 0 atom stereocenters. The van der Waals surface area contributed by atoms with Crippen molar-refractivity contribution in [2.45, 2.75) is 39.8 Å². The van der Waals surface area contributed by atoms with Gasteiger partial charge in [0.15, 0.2) is 5.96 Å². The van der Waals surface area contributed by atoms with Gasteiger partial charge in [-0.3, -0.25) is 4.99 Å². The summed E-state index contributed by atoms with van der Waals surface area (Å²) in [5.74, 6) is 0.950. The van der Waals surface area contributed by atoms with Crippen molar-refractivity contribution in [1.29, 1.82) is 0 Å². The number of nitrogens with one attached hydrogen (secondary N) is 1. The molecule has 0 aliphatic rings. The maximum Gasteiger partial charge on any atom is 0.193 e. The summed E-state index contributed by atoms with van der Waals surface area (Å²) in [6.07, 6.45) is 1.25. The van der Waals surface area contributed by atoms with E-state index in [-0.39, 0.29) is 24.0 Å². The molecule has 4 nitrogen and oxygen atoms in total. The quantitative estimate of drug-likeness (QED) is 0.303. The maximum atomic E-state index is 5.54. The molecule has 0 unspecified atom stereocenters. The third-order valence-corrected chi connectivity index (χ3v) is 2.97. The molecule has 22 heavy (non-hydrogen) atoms. The normalized spacial score (nSPS) is 11.2. The molecule has 1 N–H and O–H groups in total. The Kier molecular flexibility index (Phi) is 12.2. The Morgan fingerprint density at radius 3 is 2.55 bits per heavy atom. The van der Waals surface area contributed by atoms with Crippen LogP contribution >= 0.6 is 24.0 Å². The number of benzene rings is 1. The Hall–Kier alpha value is -0.820. The van der Waals surface area contributed by atoms with Gasteiger partial charge in [-0.05, 0) is 32.8 Å². The van der Waals surface area contributed by atoms with Crippen LogP contribution in [0.5, 0.6) is 0 Å². The van der Waals surface area contributed by atoms with E-state index in [1.165, 1.54) is 5.56 Å². The van der Waals surface area contributed by atoms with Crippen molar-refractivity contribution in [3.63, 3.8) is 0 Å². The van der Waals surface area contributed by atoms with Crippen LogP contribution in [0.4, 0.5) is 0 Å². The van der Waals surface area contributed by atoms with Gasteiger partial charge in [0, 0.05) is 33.3 Å². The first-order chi connectivity index (χ1) is 10.1. The fraction of sp³-hybridized carbons (Fsp3) is 0.588. The van der Waals surface area contributed by atoms with Gasteiger partial charge >= 0.3 is 0 Å². The van der Waals surface area contributed by atoms with E-state index in [0.29, 0.717) is 6.10 Å². The van der Waals surface area contributed by atoms with Crippen molar-refractivity contribution < 1.29 is 4.74 Å². The molecule has 1 aromatic rings. The molecule has 0 fully saturated rings. The highest BCUT2D eigenvalue weighted by Gasteiger charge is 2.05. The van der Waals surface area contributed by atoms with Crippen LogP contribution < -0.4 is 5.32 Å². The van der Waals surface area contributed by atoms with Crippen LogP contribution in [0.1, 0.15) is 32.8 Å². The first-order valence-electron chi connectivity index (χ1n) is 7.78. The van der Waals surface area contributed by atoms with Crippen molar-refractivity contribution in [3.8, 4) is 0 Å². The Labute approximate surface area is 152 Å². The van der Waals surface area contributed by atoms with E-state index in [1.807, 2.05) is 6.07 Å². The number of rotatable bonds is 8. The van der Waals surface area contributed by atoms with Crippen LogP contribution in [0.2, 0.25) is 0 Å². The molecule has 0 heterocycles. The molecule has 5 heteroatoms. The molecule has 1 rings (SSSR count). The molecular formula is C17H30IN3O. The summed E-state index contributed by atoms with van der Waals surface area (Å²) in [5, 5.41) is 3.34. The summed E-state index contributed by atoms with van der Waals surface area (Å²) >= 11 is 0. The van der Waals surface area contributed by atoms with Crippen LogP contribution in [-0.4, -0.2) is 43.7 Å². The number of hydrogen-bond donors (Lipinski definition) is 1. The maximum absolute atomic E-state index is 5.54. The van der Waals surface area contributed by atoms with Gasteiger partial charge in [0.2, 0.25) is 0 Å². The van der Waals surface area contributed by atoms with Crippen LogP contribution in [0.25, 0.3) is 0 Å². The lowest BCUT2D eigenvalue weighted by molar-refractivity contribution is 0.0782. The Morgan fingerprint density at radius 1 is 1.27 bits per heavy atom. The number of guanidine groups is 1. The fourth-order valence-corrected chi connectivity index (χ4v) is 1.97. The number of hydrogen-bond acceptors (Lipinski definition) is 2. The highest BCUT2D eigenvalue weighted by atomic mass is 127. The highest BCUT2D eigenvalue weighted by molar-refractivity contribution is 14.0. The van der Waals surface area contributed by atoms with Gasteiger partial charge in [0.05, 0.1) is 6.10 Å². The van der Waals surface area contributed by atoms with Gasteiger partial charge in [-0.15, -0.1) is 24.0 Å². The third kappa shape index (κ3) is 9.25. The molecule has 0 aromatic heterocycles. The summed E-state index contributed by atoms with van der Waals surface area (Å²) in [6.45, 7) is 9.49. The summed E-state index contributed by atoms with van der Waals surface area (Å²) in [6, 6.07) is 10.4. The van der Waals surface area contributed by atoms with E-state index in [0.717, 1.165) is 38.6 Å². The molecule has 0 aliphatic carbocycles. The summed E-state index contributed by atoms with van der Waals surface area (Å²) in [7, 11) is 2.07. The average Bonchev–Trinajstić information content (AvgIpc) is 2.46. The van der Waals surface area contributed by atoms with Gasteiger partial charge in [0.25, 0.3) is 0 Å². The standard InChI is InChI=1S/C17H29N3O.HI/c1-5-18-17(19-12-9-13-21-15(2)3)20(4)14-16-10-7-6-8-11-16;/h6-8,10-11,15H,5,9,12-14H2,1-4H3,(H,18,19);1H. The van der Waals surface area contributed by atoms with Crippen LogP contribution in [-0.2, 0) is 11.3 Å². The summed E-state index contributed by atoms with van der Waals surface area (Å²) in [4.78, 5) is 6.81. The number of halogens is 1. The smallest absolute Gasteiger partial charge is 0.193 e. The average molecular weight is 419 g/mol. The van der Waals surface area contributed by atoms with Crippen LogP contribution in [0.3, 0.4) is 0 Å². The minimum Gasteiger partial charge on any atom is -0.379 e. The lowest BCUT2D eigenvalue weighted by Gasteiger charge is -2.22. The molecule has 1 aromatic carbocycles. The predicted molar refractivity (Wildman–Crippen MR) is 105 cm³/mol. The van der Waals surface area contributed by atoms with E-state index >= 15 is 0 Å². The van der Waals surface area contributed by atoms with E-state index in [9.17, 15) is 0 Å². The monoisotopic (exact) mass is 419 g/mol. The molecule has 126 valence electrons. The summed E-state index contributed by atoms with van der Waals surface area (Å²) < 4.78 is 5.54. The van der Waals surface area contributed by atoms with E-state index in [1.54, 1.807) is 0 Å². The lowest BCUT2D eigenvalue weighted by Crippen LogP contribution is -2.38. The molecule has 0 saturated heterocycles. The second kappa shape index (κ2) is 12.7. The van der Waals surface area contributed by atoms with Crippen LogP contribution in [0.15, 0.2) is 35.3 Å². The third-order valence-electron chi connectivity index (χ3n) is 2.97. The van der Waals surface area contributed by atoms with Gasteiger partial charge in [-0.2, -0.15) is 0 Å². The molecule has 0 amide bonds. The molecule has 0 spiro atoms. The van der Waals surface area contributed by atoms with E-state index in [2.05, 4.69) is 67.3 Å². The lowest BCUT2D eigenvalue weighted by atomic mass is 10.2. The van der Waals surface area contributed by atoms with Crippen molar-refractivity contribution in [1.82, 2.24) is 10.2 Å². The molecule has 0 aliphatic heterocycles. The highest BCUT2D eigenvalue weighted by Crippen LogP contribution is 2.03. The first kappa shape index (κ1) is 21.2. The zero-order valence-electron chi connectivity index (χ0n) is 14.2. The van der Waals surface area contributed by atoms with Gasteiger partial charge < -0.3 is 15.0 Å². The SMILES string of the molecule is CCNC(=NCCCOC(C)C)N(C)Cc1ccccc1.I. The van der Waals surface area contributed by atoms with Crippen molar-refractivity contribution in [2.75, 3.05) is 26.7 Å². The predicted octanol–water partition coefficient (Wildman–Crippen LogP) is 3.52. The second-order valence-electron chi connectivity index (χ2n) is 5.35. The minimum atomic E-state index is 0. The number of ether oxygens (including phenoxy) is 1. The van der Waals surface area contributed by atoms with Crippen LogP contribution in [0, 0.1) is 0 Å². The zero-order chi connectivity index (χ0) is 15.5. The van der Waals surface area contributed by atoms with E-state index in [4.69, 9.17) is 4.74 Å². The molecule has 0 saturated carbocycles. The van der Waals surface area contributed by atoms with Crippen molar-refractivity contribution in [3.05, 3.63) is 35.9 Å². The Balaban J connectivity index is 0.00000441. The van der Waals surface area contributed by atoms with Crippen molar-refractivity contribution in [2.24, 2.45) is 4.99 Å². The van der Waals surface area contributed by atoms with Gasteiger partial charge in [-0.25, -0.2) is 0 Å². The molecule has 0 radical (unpaired) electrons. The molecular weight excluding hydrogens is 389 g/mol. The molecule has 0 bridgehead atoms. The zero-order valence-corrected chi connectivity index (χ0v) is 16.5. The fourth-order valence-electron chi connectivity index (χ4n) is 1.97.